The fraction of sp³-hybridized carbons (Fsp3) is 0.556. The van der Waals surface area contributed by atoms with Gasteiger partial charge in [-0.3, -0.25) is 4.79 Å². The molecule has 1 aromatic carbocycles. The third-order valence-corrected chi connectivity index (χ3v) is 4.08. The minimum absolute atomic E-state index is 0.0885. The second-order valence-electron chi connectivity index (χ2n) is 5.82. The van der Waals surface area contributed by atoms with Crippen LogP contribution in [0, 0.1) is 0 Å². The molecule has 0 saturated heterocycles. The van der Waals surface area contributed by atoms with Crippen molar-refractivity contribution in [3.8, 4) is 0 Å². The van der Waals surface area contributed by atoms with Gasteiger partial charge in [0.25, 0.3) is 0 Å². The topological polar surface area (TPSA) is 76.7 Å². The van der Waals surface area contributed by atoms with Crippen molar-refractivity contribution in [3.63, 3.8) is 0 Å². The van der Waals surface area contributed by atoms with Crippen molar-refractivity contribution < 1.29 is 19.1 Å². The first-order valence-electron chi connectivity index (χ1n) is 8.48. The smallest absolute Gasteiger partial charge is 0.406 e. The van der Waals surface area contributed by atoms with Gasteiger partial charge in [0.05, 0.1) is 13.2 Å². The van der Waals surface area contributed by atoms with E-state index in [-0.39, 0.29) is 25.0 Å². The summed E-state index contributed by atoms with van der Waals surface area (Å²) in [4.78, 5) is 22.4. The van der Waals surface area contributed by atoms with Crippen LogP contribution >= 0.6 is 0 Å². The average molecular weight is 334 g/mol. The average Bonchev–Trinajstić information content (AvgIpc) is 2.61. The van der Waals surface area contributed by atoms with Gasteiger partial charge in [0.15, 0.2) is 0 Å². The molecule has 6 nitrogen and oxygen atoms in total. The number of benzene rings is 1. The summed E-state index contributed by atoms with van der Waals surface area (Å²) in [5.41, 5.74) is 2.70. The van der Waals surface area contributed by atoms with E-state index in [1.54, 1.807) is 0 Å². The van der Waals surface area contributed by atoms with Crippen molar-refractivity contribution in [3.05, 3.63) is 35.4 Å². The second-order valence-corrected chi connectivity index (χ2v) is 5.82. The highest BCUT2D eigenvalue weighted by Crippen LogP contribution is 2.32. The van der Waals surface area contributed by atoms with Crippen LogP contribution in [0.1, 0.15) is 42.9 Å². The molecule has 0 aromatic heterocycles. The maximum absolute atomic E-state index is 11.6. The summed E-state index contributed by atoms with van der Waals surface area (Å²) in [6.07, 6.45) is 4.01. The number of methoxy groups -OCH3 is 1. The van der Waals surface area contributed by atoms with Gasteiger partial charge in [-0.05, 0) is 36.8 Å². The van der Waals surface area contributed by atoms with E-state index in [2.05, 4.69) is 39.6 Å². The molecule has 2 amide bonds. The monoisotopic (exact) mass is 334 g/mol. The number of carbonyl (C=O) groups excluding carboxylic acids is 2. The predicted octanol–water partition coefficient (Wildman–Crippen LogP) is 2.33. The van der Waals surface area contributed by atoms with Gasteiger partial charge in [-0.15, -0.1) is 0 Å². The van der Waals surface area contributed by atoms with E-state index in [0.29, 0.717) is 13.2 Å². The molecule has 0 spiro atoms. The summed E-state index contributed by atoms with van der Waals surface area (Å²) in [5.74, 6) is -0.0885. The summed E-state index contributed by atoms with van der Waals surface area (Å²) in [6.45, 7) is 1.47. The first-order chi connectivity index (χ1) is 11.7. The molecular formula is C18H26N2O4. The molecule has 6 heteroatoms. The van der Waals surface area contributed by atoms with Gasteiger partial charge in [0.2, 0.25) is 5.91 Å². The third kappa shape index (κ3) is 5.85. The molecule has 0 saturated carbocycles. The predicted molar refractivity (Wildman–Crippen MR) is 90.7 cm³/mol. The molecule has 2 N–H and O–H groups in total. The Labute approximate surface area is 142 Å². The van der Waals surface area contributed by atoms with E-state index in [0.717, 1.165) is 25.7 Å². The lowest BCUT2D eigenvalue weighted by Crippen LogP contribution is -2.31. The Morgan fingerprint density at radius 2 is 2.04 bits per heavy atom. The Hall–Kier alpha value is -2.08. The van der Waals surface area contributed by atoms with E-state index in [1.165, 1.54) is 18.2 Å². The Morgan fingerprint density at radius 1 is 1.21 bits per heavy atom. The fourth-order valence-electron chi connectivity index (χ4n) is 2.85. The molecule has 0 bridgehead atoms. The molecule has 24 heavy (non-hydrogen) atoms. The Balaban J connectivity index is 1.57. The maximum Gasteiger partial charge on any atom is 0.406 e. The Kier molecular flexibility index (Phi) is 7.55. The number of nitrogens with one attached hydrogen (secondary N) is 2. The van der Waals surface area contributed by atoms with Gasteiger partial charge >= 0.3 is 6.09 Å². The third-order valence-electron chi connectivity index (χ3n) is 4.08. The summed E-state index contributed by atoms with van der Waals surface area (Å²) in [6, 6.07) is 8.46. The van der Waals surface area contributed by atoms with Crippen LogP contribution in [-0.2, 0) is 20.7 Å². The minimum Gasteiger partial charge on any atom is -0.453 e. The minimum atomic E-state index is -0.524. The molecule has 0 fully saturated rings. The largest absolute Gasteiger partial charge is 0.453 e. The highest BCUT2D eigenvalue weighted by molar-refractivity contribution is 5.76. The fourth-order valence-corrected chi connectivity index (χ4v) is 2.85. The molecule has 1 aliphatic carbocycles. The number of carbonyl (C=O) groups is 2. The van der Waals surface area contributed by atoms with Crippen molar-refractivity contribution in [1.29, 1.82) is 0 Å². The van der Waals surface area contributed by atoms with Crippen LogP contribution in [0.2, 0.25) is 0 Å². The van der Waals surface area contributed by atoms with Gasteiger partial charge in [-0.25, -0.2) is 4.79 Å². The van der Waals surface area contributed by atoms with E-state index >= 15 is 0 Å². The van der Waals surface area contributed by atoms with Crippen molar-refractivity contribution in [2.45, 2.75) is 38.2 Å². The quantitative estimate of drug-likeness (QED) is 0.716. The van der Waals surface area contributed by atoms with Crippen molar-refractivity contribution in [2.75, 3.05) is 26.8 Å². The van der Waals surface area contributed by atoms with Crippen molar-refractivity contribution in [2.24, 2.45) is 0 Å². The zero-order chi connectivity index (χ0) is 17.2. The molecule has 2 rings (SSSR count). The van der Waals surface area contributed by atoms with Gasteiger partial charge < -0.3 is 20.1 Å². The molecule has 1 aliphatic rings. The Bertz CT molecular complexity index is 548. The van der Waals surface area contributed by atoms with E-state index < -0.39 is 6.09 Å². The van der Waals surface area contributed by atoms with Gasteiger partial charge in [0, 0.05) is 26.1 Å². The molecule has 1 aromatic rings. The van der Waals surface area contributed by atoms with Crippen molar-refractivity contribution in [1.82, 2.24) is 10.6 Å². The number of fused-ring (bicyclic) bond motifs is 1. The van der Waals surface area contributed by atoms with Crippen LogP contribution in [0.3, 0.4) is 0 Å². The van der Waals surface area contributed by atoms with Gasteiger partial charge in [-0.2, -0.15) is 0 Å². The molecule has 0 radical (unpaired) electrons. The molecule has 0 heterocycles. The van der Waals surface area contributed by atoms with E-state index in [1.807, 2.05) is 0 Å². The van der Waals surface area contributed by atoms with Crippen LogP contribution in [0.15, 0.2) is 24.3 Å². The highest BCUT2D eigenvalue weighted by Gasteiger charge is 2.19. The molecule has 1 unspecified atom stereocenters. The molecule has 0 aliphatic heterocycles. The van der Waals surface area contributed by atoms with Crippen LogP contribution < -0.4 is 10.6 Å². The summed E-state index contributed by atoms with van der Waals surface area (Å²) in [5, 5.41) is 5.29. The number of hydrogen-bond acceptors (Lipinski definition) is 4. The SMILES string of the molecule is COC(=O)NCCC(=O)NCCCOC1CCCc2ccccc21. The maximum atomic E-state index is 11.6. The highest BCUT2D eigenvalue weighted by atomic mass is 16.5. The van der Waals surface area contributed by atoms with Crippen LogP contribution in [0.4, 0.5) is 4.79 Å². The lowest BCUT2D eigenvalue weighted by atomic mass is 9.89. The first-order valence-corrected chi connectivity index (χ1v) is 8.48. The lowest BCUT2D eigenvalue weighted by molar-refractivity contribution is -0.121. The Morgan fingerprint density at radius 3 is 2.88 bits per heavy atom. The van der Waals surface area contributed by atoms with Crippen LogP contribution in [-0.4, -0.2) is 38.8 Å². The number of rotatable bonds is 8. The summed E-state index contributed by atoms with van der Waals surface area (Å²) < 4.78 is 10.4. The number of hydrogen-bond donors (Lipinski definition) is 2. The van der Waals surface area contributed by atoms with Gasteiger partial charge in [0.1, 0.15) is 0 Å². The molecular weight excluding hydrogens is 308 g/mol. The second kappa shape index (κ2) is 9.93. The molecule has 132 valence electrons. The number of ether oxygens (including phenoxy) is 2. The first kappa shape index (κ1) is 18.3. The molecule has 1 atom stereocenters. The number of aryl methyl sites for hydroxylation is 1. The van der Waals surface area contributed by atoms with Crippen LogP contribution in [0.25, 0.3) is 0 Å². The normalized spacial score (nSPS) is 16.1. The number of amides is 2. The van der Waals surface area contributed by atoms with E-state index in [9.17, 15) is 9.59 Å². The summed E-state index contributed by atoms with van der Waals surface area (Å²) in [7, 11) is 1.29. The lowest BCUT2D eigenvalue weighted by Gasteiger charge is -2.25. The van der Waals surface area contributed by atoms with Gasteiger partial charge in [-0.1, -0.05) is 24.3 Å². The summed E-state index contributed by atoms with van der Waals surface area (Å²) >= 11 is 0. The number of alkyl carbamates (subject to hydrolysis) is 1. The van der Waals surface area contributed by atoms with E-state index in [4.69, 9.17) is 4.74 Å². The van der Waals surface area contributed by atoms with Crippen molar-refractivity contribution >= 4 is 12.0 Å². The van der Waals surface area contributed by atoms with Crippen LogP contribution in [0.5, 0.6) is 0 Å². The zero-order valence-electron chi connectivity index (χ0n) is 14.2. The standard InChI is InChI=1S/C18H26N2O4/c1-23-18(22)20-12-10-17(21)19-11-5-13-24-16-9-4-7-14-6-2-3-8-15(14)16/h2-3,6,8,16H,4-5,7,9-13H2,1H3,(H,19,21)(H,20,22). The zero-order valence-corrected chi connectivity index (χ0v) is 14.2.